The zero-order valence-corrected chi connectivity index (χ0v) is 8.63. The number of ether oxygens (including phenoxy) is 1. The first-order chi connectivity index (χ1) is 6.24. The summed E-state index contributed by atoms with van der Waals surface area (Å²) >= 11 is 1.78. The van der Waals surface area contributed by atoms with Crippen LogP contribution in [0.15, 0.2) is 11.8 Å². The molecular formula is C9H13NO2S. The quantitative estimate of drug-likeness (QED) is 0.626. The monoisotopic (exact) mass is 199 g/mol. The SMILES string of the molecule is CCO[C@H]1C(=O)N2C=C(C)CS[C@H]12. The highest BCUT2D eigenvalue weighted by atomic mass is 32.2. The summed E-state index contributed by atoms with van der Waals surface area (Å²) in [4.78, 5) is 13.3. The van der Waals surface area contributed by atoms with Crippen LogP contribution in [0.25, 0.3) is 0 Å². The second-order valence-corrected chi connectivity index (χ2v) is 4.40. The van der Waals surface area contributed by atoms with Gasteiger partial charge in [0.25, 0.3) is 5.91 Å². The Kier molecular flexibility index (Phi) is 2.34. The van der Waals surface area contributed by atoms with Gasteiger partial charge in [0.2, 0.25) is 0 Å². The molecular weight excluding hydrogens is 186 g/mol. The van der Waals surface area contributed by atoms with Gasteiger partial charge < -0.3 is 9.64 Å². The molecule has 1 amide bonds. The Hall–Kier alpha value is -0.480. The molecule has 0 aliphatic carbocycles. The van der Waals surface area contributed by atoms with Crippen LogP contribution in [0.4, 0.5) is 0 Å². The number of hydrogen-bond acceptors (Lipinski definition) is 3. The molecule has 13 heavy (non-hydrogen) atoms. The van der Waals surface area contributed by atoms with Gasteiger partial charge in [-0.2, -0.15) is 0 Å². The Balaban J connectivity index is 2.06. The Bertz CT molecular complexity index is 264. The second kappa shape index (κ2) is 3.35. The number of hydrogen-bond donors (Lipinski definition) is 0. The number of carbonyl (C=O) groups excluding carboxylic acids is 1. The van der Waals surface area contributed by atoms with Crippen molar-refractivity contribution in [1.29, 1.82) is 0 Å². The average molecular weight is 199 g/mol. The highest BCUT2D eigenvalue weighted by Gasteiger charge is 2.48. The van der Waals surface area contributed by atoms with Gasteiger partial charge in [0, 0.05) is 18.6 Å². The molecule has 0 aromatic heterocycles. The number of rotatable bonds is 2. The molecule has 1 saturated heterocycles. The van der Waals surface area contributed by atoms with Gasteiger partial charge in [-0.1, -0.05) is 0 Å². The predicted molar refractivity (Wildman–Crippen MR) is 52.3 cm³/mol. The van der Waals surface area contributed by atoms with E-state index in [4.69, 9.17) is 4.74 Å². The molecule has 0 aromatic rings. The minimum absolute atomic E-state index is 0.110. The molecule has 2 rings (SSSR count). The number of β-lactam (4-membered cyclic amide) rings is 1. The van der Waals surface area contributed by atoms with Crippen molar-refractivity contribution in [3.8, 4) is 0 Å². The number of amides is 1. The van der Waals surface area contributed by atoms with Crippen molar-refractivity contribution in [2.24, 2.45) is 0 Å². The van der Waals surface area contributed by atoms with E-state index in [2.05, 4.69) is 0 Å². The largest absolute Gasteiger partial charge is 0.366 e. The number of carbonyl (C=O) groups is 1. The normalized spacial score (nSPS) is 32.3. The fraction of sp³-hybridized carbons (Fsp3) is 0.667. The topological polar surface area (TPSA) is 29.5 Å². The van der Waals surface area contributed by atoms with Gasteiger partial charge in [-0.25, -0.2) is 0 Å². The van der Waals surface area contributed by atoms with Gasteiger partial charge in [0.05, 0.1) is 0 Å². The van der Waals surface area contributed by atoms with Crippen molar-refractivity contribution in [3.63, 3.8) is 0 Å². The van der Waals surface area contributed by atoms with Crippen LogP contribution in [0.1, 0.15) is 13.8 Å². The molecule has 0 saturated carbocycles. The van der Waals surface area contributed by atoms with Crippen molar-refractivity contribution < 1.29 is 9.53 Å². The summed E-state index contributed by atoms with van der Waals surface area (Å²) in [5.74, 6) is 1.12. The molecule has 0 aromatic carbocycles. The standard InChI is InChI=1S/C9H13NO2S/c1-3-12-7-8(11)10-4-6(2)5-13-9(7)10/h4,7,9H,3,5H2,1-2H3/t7-,9+/m0/s1. The third-order valence-corrected chi connectivity index (χ3v) is 3.66. The fourth-order valence-corrected chi connectivity index (χ4v) is 2.79. The second-order valence-electron chi connectivity index (χ2n) is 3.30. The molecule has 0 spiro atoms. The zero-order valence-electron chi connectivity index (χ0n) is 7.82. The Labute approximate surface area is 82.1 Å². The van der Waals surface area contributed by atoms with Crippen LogP contribution in [0.2, 0.25) is 0 Å². The first-order valence-electron chi connectivity index (χ1n) is 4.46. The Morgan fingerprint density at radius 1 is 1.77 bits per heavy atom. The van der Waals surface area contributed by atoms with Crippen molar-refractivity contribution in [2.75, 3.05) is 12.4 Å². The Morgan fingerprint density at radius 2 is 2.54 bits per heavy atom. The summed E-state index contributed by atoms with van der Waals surface area (Å²) in [7, 11) is 0. The van der Waals surface area contributed by atoms with E-state index >= 15 is 0 Å². The van der Waals surface area contributed by atoms with E-state index in [0.29, 0.717) is 6.61 Å². The van der Waals surface area contributed by atoms with Crippen molar-refractivity contribution in [3.05, 3.63) is 11.8 Å². The van der Waals surface area contributed by atoms with E-state index in [-0.39, 0.29) is 17.4 Å². The van der Waals surface area contributed by atoms with Crippen molar-refractivity contribution >= 4 is 17.7 Å². The minimum atomic E-state index is -0.195. The molecule has 1 fully saturated rings. The summed E-state index contributed by atoms with van der Waals surface area (Å²) in [5, 5.41) is 0.233. The van der Waals surface area contributed by atoms with E-state index in [1.807, 2.05) is 20.0 Å². The first kappa shape index (κ1) is 9.09. The third-order valence-electron chi connectivity index (χ3n) is 2.22. The summed E-state index contributed by atoms with van der Waals surface area (Å²) < 4.78 is 5.35. The van der Waals surface area contributed by atoms with Crippen LogP contribution in [0.3, 0.4) is 0 Å². The van der Waals surface area contributed by atoms with Crippen LogP contribution in [-0.4, -0.2) is 34.6 Å². The van der Waals surface area contributed by atoms with Crippen LogP contribution in [-0.2, 0) is 9.53 Å². The van der Waals surface area contributed by atoms with Crippen LogP contribution < -0.4 is 0 Å². The van der Waals surface area contributed by atoms with Crippen LogP contribution in [0.5, 0.6) is 0 Å². The minimum Gasteiger partial charge on any atom is -0.366 e. The lowest BCUT2D eigenvalue weighted by Crippen LogP contribution is -2.62. The molecule has 4 heteroatoms. The lowest BCUT2D eigenvalue weighted by molar-refractivity contribution is -0.159. The summed E-state index contributed by atoms with van der Waals surface area (Å²) in [5.41, 5.74) is 1.25. The predicted octanol–water partition coefficient (Wildman–Crippen LogP) is 1.21. The number of fused-ring (bicyclic) bond motifs is 1. The molecule has 2 aliphatic heterocycles. The van der Waals surface area contributed by atoms with Gasteiger partial charge in [0.15, 0.2) is 6.10 Å². The molecule has 2 aliphatic rings. The molecule has 0 N–H and O–H groups in total. The summed E-state index contributed by atoms with van der Waals surface area (Å²) in [6.45, 7) is 4.58. The van der Waals surface area contributed by atoms with Gasteiger partial charge in [-0.05, 0) is 19.4 Å². The molecule has 0 bridgehead atoms. The maximum absolute atomic E-state index is 11.5. The molecule has 2 atom stereocenters. The van der Waals surface area contributed by atoms with Crippen LogP contribution in [0, 0.1) is 0 Å². The smallest absolute Gasteiger partial charge is 0.259 e. The number of nitrogens with zero attached hydrogens (tertiary/aromatic N) is 1. The summed E-state index contributed by atoms with van der Waals surface area (Å²) in [6, 6.07) is 0. The molecule has 2 heterocycles. The highest BCUT2D eigenvalue weighted by Crippen LogP contribution is 2.37. The van der Waals surface area contributed by atoms with E-state index < -0.39 is 0 Å². The highest BCUT2D eigenvalue weighted by molar-refractivity contribution is 8.00. The van der Waals surface area contributed by atoms with E-state index in [9.17, 15) is 4.79 Å². The molecule has 72 valence electrons. The summed E-state index contributed by atoms with van der Waals surface area (Å²) in [6.07, 6.45) is 1.75. The zero-order chi connectivity index (χ0) is 9.42. The maximum Gasteiger partial charge on any atom is 0.259 e. The van der Waals surface area contributed by atoms with E-state index in [0.717, 1.165) is 5.75 Å². The number of thioether (sulfide) groups is 1. The lowest BCUT2D eigenvalue weighted by atomic mass is 10.1. The third kappa shape index (κ3) is 1.38. The Morgan fingerprint density at radius 3 is 3.23 bits per heavy atom. The van der Waals surface area contributed by atoms with E-state index in [1.54, 1.807) is 16.7 Å². The average Bonchev–Trinajstić information content (AvgIpc) is 2.14. The van der Waals surface area contributed by atoms with Gasteiger partial charge in [0.1, 0.15) is 5.37 Å². The maximum atomic E-state index is 11.5. The fourth-order valence-electron chi connectivity index (χ4n) is 1.59. The van der Waals surface area contributed by atoms with Gasteiger partial charge in [-0.3, -0.25) is 4.79 Å². The van der Waals surface area contributed by atoms with Gasteiger partial charge >= 0.3 is 0 Å². The van der Waals surface area contributed by atoms with Gasteiger partial charge in [-0.15, -0.1) is 11.8 Å². The first-order valence-corrected chi connectivity index (χ1v) is 5.51. The van der Waals surface area contributed by atoms with Crippen LogP contribution >= 0.6 is 11.8 Å². The molecule has 0 radical (unpaired) electrons. The molecule has 0 unspecified atom stereocenters. The van der Waals surface area contributed by atoms with Crippen molar-refractivity contribution in [2.45, 2.75) is 25.3 Å². The molecule has 3 nitrogen and oxygen atoms in total. The van der Waals surface area contributed by atoms with E-state index in [1.165, 1.54) is 5.57 Å². The van der Waals surface area contributed by atoms with Crippen molar-refractivity contribution in [1.82, 2.24) is 4.90 Å². The lowest BCUT2D eigenvalue weighted by Gasteiger charge is -2.46.